The van der Waals surface area contributed by atoms with Crippen LogP contribution in [0.15, 0.2) is 48.8 Å². The summed E-state index contributed by atoms with van der Waals surface area (Å²) >= 11 is 0. The van der Waals surface area contributed by atoms with Crippen LogP contribution in [0.2, 0.25) is 0 Å². The number of anilines is 1. The minimum Gasteiger partial charge on any atom is -0.339 e. The van der Waals surface area contributed by atoms with Gasteiger partial charge in [-0.15, -0.1) is 24.8 Å². The van der Waals surface area contributed by atoms with E-state index in [4.69, 9.17) is 0 Å². The van der Waals surface area contributed by atoms with Gasteiger partial charge < -0.3 is 15.5 Å². The molecule has 158 valence electrons. The zero-order valence-corrected chi connectivity index (χ0v) is 18.1. The van der Waals surface area contributed by atoms with Gasteiger partial charge in [-0.1, -0.05) is 13.0 Å². The summed E-state index contributed by atoms with van der Waals surface area (Å²) in [6.07, 6.45) is 5.19. The second-order valence-corrected chi connectivity index (χ2v) is 6.82. The number of nitrogens with one attached hydrogen (secondary N) is 2. The minimum absolute atomic E-state index is 0. The van der Waals surface area contributed by atoms with E-state index in [-0.39, 0.29) is 36.6 Å². The van der Waals surface area contributed by atoms with Gasteiger partial charge in [0.2, 0.25) is 0 Å². The Morgan fingerprint density at radius 3 is 2.48 bits per heavy atom. The Morgan fingerprint density at radius 2 is 1.83 bits per heavy atom. The zero-order valence-electron chi connectivity index (χ0n) is 16.5. The van der Waals surface area contributed by atoms with E-state index in [0.29, 0.717) is 22.7 Å². The predicted molar refractivity (Wildman–Crippen MR) is 120 cm³/mol. The Labute approximate surface area is 184 Å². The number of carbonyl (C=O) groups is 2. The maximum atomic E-state index is 12.8. The number of hydrogen-bond donors (Lipinski definition) is 2. The lowest BCUT2D eigenvalue weighted by atomic mass is 9.96. The van der Waals surface area contributed by atoms with Gasteiger partial charge in [0.15, 0.2) is 0 Å². The molecule has 3 rings (SSSR count). The first-order chi connectivity index (χ1) is 13.2. The van der Waals surface area contributed by atoms with E-state index in [1.54, 1.807) is 42.6 Å². The van der Waals surface area contributed by atoms with Gasteiger partial charge in [0.25, 0.3) is 11.8 Å². The second kappa shape index (κ2) is 12.4. The zero-order chi connectivity index (χ0) is 19.1. The van der Waals surface area contributed by atoms with Crippen molar-refractivity contribution in [2.24, 2.45) is 5.92 Å². The Morgan fingerprint density at radius 1 is 1.10 bits per heavy atom. The van der Waals surface area contributed by atoms with Gasteiger partial charge in [-0.3, -0.25) is 14.6 Å². The molecule has 2 amide bonds. The number of nitrogens with zero attached hydrogens (tertiary/aromatic N) is 2. The first-order valence-electron chi connectivity index (χ1n) is 9.49. The van der Waals surface area contributed by atoms with Gasteiger partial charge in [0.05, 0.1) is 5.56 Å². The van der Waals surface area contributed by atoms with Crippen LogP contribution in [-0.2, 0) is 0 Å². The van der Waals surface area contributed by atoms with Crippen LogP contribution >= 0.6 is 24.8 Å². The molecule has 0 atom stereocenters. The SMILES string of the molecule is CCNCC1CCN(C(=O)c2cccc(NC(=O)c3cccnc3)c2)CC1.Cl.Cl. The van der Waals surface area contributed by atoms with Crippen LogP contribution in [0.25, 0.3) is 0 Å². The molecule has 0 spiro atoms. The largest absolute Gasteiger partial charge is 0.339 e. The highest BCUT2D eigenvalue weighted by atomic mass is 35.5. The number of aromatic nitrogens is 1. The summed E-state index contributed by atoms with van der Waals surface area (Å²) in [4.78, 5) is 30.9. The normalized spacial score (nSPS) is 13.8. The van der Waals surface area contributed by atoms with Crippen molar-refractivity contribution < 1.29 is 9.59 Å². The molecule has 8 heteroatoms. The van der Waals surface area contributed by atoms with Crippen LogP contribution in [0.5, 0.6) is 0 Å². The Hall–Kier alpha value is -2.15. The molecule has 0 bridgehead atoms. The number of rotatable bonds is 6. The van der Waals surface area contributed by atoms with Crippen LogP contribution in [0.3, 0.4) is 0 Å². The predicted octanol–water partition coefficient (Wildman–Crippen LogP) is 3.64. The Kier molecular flexibility index (Phi) is 10.7. The topological polar surface area (TPSA) is 74.3 Å². The first kappa shape index (κ1) is 24.9. The molecule has 6 nitrogen and oxygen atoms in total. The number of benzene rings is 1. The number of pyridine rings is 1. The highest BCUT2D eigenvalue weighted by Crippen LogP contribution is 2.20. The van der Waals surface area contributed by atoms with E-state index in [1.165, 1.54) is 6.20 Å². The van der Waals surface area contributed by atoms with Crippen molar-refractivity contribution in [1.82, 2.24) is 15.2 Å². The molecule has 2 aromatic rings. The summed E-state index contributed by atoms with van der Waals surface area (Å²) in [7, 11) is 0. The molecule has 0 saturated carbocycles. The Balaban J connectivity index is 0.00000210. The van der Waals surface area contributed by atoms with E-state index in [1.807, 2.05) is 4.90 Å². The number of hydrogen-bond acceptors (Lipinski definition) is 4. The van der Waals surface area contributed by atoms with Crippen LogP contribution < -0.4 is 10.6 Å². The molecule has 0 aliphatic carbocycles. The van der Waals surface area contributed by atoms with Crippen molar-refractivity contribution in [3.05, 3.63) is 59.9 Å². The number of carbonyl (C=O) groups excluding carboxylic acids is 2. The Bertz CT molecular complexity index is 781. The molecule has 2 N–H and O–H groups in total. The lowest BCUT2D eigenvalue weighted by molar-refractivity contribution is 0.0690. The van der Waals surface area contributed by atoms with Crippen molar-refractivity contribution in [2.75, 3.05) is 31.5 Å². The molecule has 1 aromatic carbocycles. The maximum absolute atomic E-state index is 12.8. The molecule has 29 heavy (non-hydrogen) atoms. The molecule has 1 saturated heterocycles. The number of likely N-dealkylation sites (tertiary alicyclic amines) is 1. The van der Waals surface area contributed by atoms with Crippen molar-refractivity contribution >= 4 is 42.3 Å². The van der Waals surface area contributed by atoms with E-state index in [0.717, 1.165) is 39.0 Å². The number of amides is 2. The molecular weight excluding hydrogens is 411 g/mol. The third kappa shape index (κ3) is 6.99. The van der Waals surface area contributed by atoms with Crippen LogP contribution in [0.4, 0.5) is 5.69 Å². The van der Waals surface area contributed by atoms with Crippen molar-refractivity contribution in [3.63, 3.8) is 0 Å². The fourth-order valence-corrected chi connectivity index (χ4v) is 3.30. The summed E-state index contributed by atoms with van der Waals surface area (Å²) in [6, 6.07) is 10.5. The lowest BCUT2D eigenvalue weighted by Gasteiger charge is -2.32. The van der Waals surface area contributed by atoms with Crippen molar-refractivity contribution in [2.45, 2.75) is 19.8 Å². The van der Waals surface area contributed by atoms with E-state index in [2.05, 4.69) is 22.5 Å². The van der Waals surface area contributed by atoms with E-state index >= 15 is 0 Å². The van der Waals surface area contributed by atoms with Crippen molar-refractivity contribution in [3.8, 4) is 0 Å². The van der Waals surface area contributed by atoms with Crippen LogP contribution in [0, 0.1) is 5.92 Å². The van der Waals surface area contributed by atoms with E-state index in [9.17, 15) is 9.59 Å². The van der Waals surface area contributed by atoms with E-state index < -0.39 is 0 Å². The van der Waals surface area contributed by atoms with Gasteiger partial charge in [-0.2, -0.15) is 0 Å². The summed E-state index contributed by atoms with van der Waals surface area (Å²) in [5.74, 6) is 0.422. The standard InChI is InChI=1S/C21H26N4O2.2ClH/c1-2-22-14-16-8-11-25(12-9-16)21(27)17-5-3-7-19(13-17)24-20(26)18-6-4-10-23-15-18;;/h3-7,10,13,15-16,22H,2,8-9,11-12,14H2,1H3,(H,24,26);2*1H. The highest BCUT2D eigenvalue weighted by Gasteiger charge is 2.23. The quantitative estimate of drug-likeness (QED) is 0.721. The van der Waals surface area contributed by atoms with Gasteiger partial charge in [0.1, 0.15) is 0 Å². The molecule has 1 aliphatic heterocycles. The minimum atomic E-state index is -0.239. The molecule has 1 aromatic heterocycles. The third-order valence-electron chi connectivity index (χ3n) is 4.88. The molecule has 1 aliphatic rings. The fraction of sp³-hybridized carbons (Fsp3) is 0.381. The number of halogens is 2. The molecule has 1 fully saturated rings. The first-order valence-corrected chi connectivity index (χ1v) is 9.49. The van der Waals surface area contributed by atoms with Crippen molar-refractivity contribution in [1.29, 1.82) is 0 Å². The lowest BCUT2D eigenvalue weighted by Crippen LogP contribution is -2.40. The summed E-state index contributed by atoms with van der Waals surface area (Å²) < 4.78 is 0. The van der Waals surface area contributed by atoms with Gasteiger partial charge in [0, 0.05) is 36.7 Å². The summed E-state index contributed by atoms with van der Waals surface area (Å²) in [5.41, 5.74) is 1.69. The van der Waals surface area contributed by atoms with Crippen LogP contribution in [0.1, 0.15) is 40.5 Å². The smallest absolute Gasteiger partial charge is 0.257 e. The molecule has 2 heterocycles. The van der Waals surface area contributed by atoms with Gasteiger partial charge in [-0.25, -0.2) is 0 Å². The molecule has 0 radical (unpaired) electrons. The average molecular weight is 439 g/mol. The third-order valence-corrected chi connectivity index (χ3v) is 4.88. The van der Waals surface area contributed by atoms with Gasteiger partial charge >= 0.3 is 0 Å². The average Bonchev–Trinajstić information content (AvgIpc) is 2.73. The molecule has 0 unspecified atom stereocenters. The maximum Gasteiger partial charge on any atom is 0.257 e. The van der Waals surface area contributed by atoms with Gasteiger partial charge in [-0.05, 0) is 62.2 Å². The highest BCUT2D eigenvalue weighted by molar-refractivity contribution is 6.04. The summed E-state index contributed by atoms with van der Waals surface area (Å²) in [6.45, 7) is 5.67. The summed E-state index contributed by atoms with van der Waals surface area (Å²) in [5, 5.41) is 6.21. The molecular formula is C21H28Cl2N4O2. The second-order valence-electron chi connectivity index (χ2n) is 6.82. The number of piperidine rings is 1. The van der Waals surface area contributed by atoms with Crippen LogP contribution in [-0.4, -0.2) is 47.9 Å². The fourth-order valence-electron chi connectivity index (χ4n) is 3.30. The monoisotopic (exact) mass is 438 g/mol.